The zero-order chi connectivity index (χ0) is 21.3. The van der Waals surface area contributed by atoms with Crippen molar-refractivity contribution >= 4 is 23.4 Å². The fraction of sp³-hybridized carbons (Fsp3) is 0.348. The number of aromatic nitrogens is 3. The van der Waals surface area contributed by atoms with Crippen molar-refractivity contribution in [3.63, 3.8) is 0 Å². The zero-order valence-corrected chi connectivity index (χ0v) is 18.2. The second-order valence-corrected chi connectivity index (χ2v) is 8.86. The maximum Gasteiger partial charge on any atom is 0.251 e. The smallest absolute Gasteiger partial charge is 0.251 e. The summed E-state index contributed by atoms with van der Waals surface area (Å²) in [5.74, 6) is 1.91. The summed E-state index contributed by atoms with van der Waals surface area (Å²) in [6.45, 7) is 2.59. The number of hydrogen-bond donors (Lipinski definition) is 1. The van der Waals surface area contributed by atoms with Gasteiger partial charge in [-0.15, -0.1) is 10.2 Å². The number of nitrogens with one attached hydrogen (secondary N) is 1. The quantitative estimate of drug-likeness (QED) is 0.577. The molecule has 31 heavy (non-hydrogen) atoms. The van der Waals surface area contributed by atoms with Crippen molar-refractivity contribution in [2.75, 3.05) is 11.1 Å². The fourth-order valence-corrected chi connectivity index (χ4v) is 4.82. The first-order chi connectivity index (χ1) is 15.1. The van der Waals surface area contributed by atoms with Crippen LogP contribution in [-0.2, 0) is 11.3 Å². The molecule has 5 rings (SSSR count). The van der Waals surface area contributed by atoms with Crippen LogP contribution in [0.3, 0.4) is 0 Å². The lowest BCUT2D eigenvalue weighted by Gasteiger charge is -2.21. The van der Waals surface area contributed by atoms with Crippen LogP contribution in [0.4, 0.5) is 5.69 Å². The van der Waals surface area contributed by atoms with E-state index in [1.807, 2.05) is 47.9 Å². The maximum absolute atomic E-state index is 12.6. The molecule has 3 aromatic rings. The SMILES string of the molecule is Cc1nnc(SCC(=O)Nc2ccc3c(c2)OC2(CCCC2)O3)n1Cc1ccccc1. The van der Waals surface area contributed by atoms with Crippen molar-refractivity contribution in [3.05, 3.63) is 59.9 Å². The lowest BCUT2D eigenvalue weighted by atomic mass is 10.2. The van der Waals surface area contributed by atoms with E-state index in [1.165, 1.54) is 11.8 Å². The van der Waals surface area contributed by atoms with Crippen LogP contribution >= 0.6 is 11.8 Å². The molecule has 2 heterocycles. The van der Waals surface area contributed by atoms with Gasteiger partial charge in [0.2, 0.25) is 5.91 Å². The van der Waals surface area contributed by atoms with Gasteiger partial charge >= 0.3 is 0 Å². The number of thioether (sulfide) groups is 1. The monoisotopic (exact) mass is 436 g/mol. The molecule has 1 amide bonds. The molecule has 1 spiro atoms. The van der Waals surface area contributed by atoms with Gasteiger partial charge in [-0.2, -0.15) is 0 Å². The second kappa shape index (κ2) is 8.26. The molecule has 1 aliphatic heterocycles. The lowest BCUT2D eigenvalue weighted by molar-refractivity contribution is -0.113. The Kier molecular flexibility index (Phi) is 5.31. The fourth-order valence-electron chi connectivity index (χ4n) is 4.03. The molecular formula is C23H24N4O3S. The van der Waals surface area contributed by atoms with Gasteiger partial charge in [0.25, 0.3) is 5.79 Å². The molecular weight excluding hydrogens is 412 g/mol. The topological polar surface area (TPSA) is 78.3 Å². The van der Waals surface area contributed by atoms with Crippen LogP contribution < -0.4 is 14.8 Å². The molecule has 7 nitrogen and oxygen atoms in total. The summed E-state index contributed by atoms with van der Waals surface area (Å²) in [5.41, 5.74) is 1.86. The molecule has 160 valence electrons. The Morgan fingerprint density at radius 2 is 1.87 bits per heavy atom. The highest BCUT2D eigenvalue weighted by Crippen LogP contribution is 2.47. The Labute approximate surface area is 185 Å². The average Bonchev–Trinajstić information content (AvgIpc) is 3.47. The Balaban J connectivity index is 1.20. The number of amides is 1. The van der Waals surface area contributed by atoms with E-state index in [-0.39, 0.29) is 11.7 Å². The molecule has 0 unspecified atom stereocenters. The number of hydrogen-bond acceptors (Lipinski definition) is 6. The summed E-state index contributed by atoms with van der Waals surface area (Å²) in [6, 6.07) is 15.7. The van der Waals surface area contributed by atoms with Crippen LogP contribution in [0.2, 0.25) is 0 Å². The number of carbonyl (C=O) groups is 1. The van der Waals surface area contributed by atoms with Gasteiger partial charge in [-0.25, -0.2) is 0 Å². The van der Waals surface area contributed by atoms with E-state index in [0.717, 1.165) is 48.0 Å². The van der Waals surface area contributed by atoms with Crippen molar-refractivity contribution in [2.45, 2.75) is 50.1 Å². The molecule has 1 fully saturated rings. The molecule has 0 saturated heterocycles. The summed E-state index contributed by atoms with van der Waals surface area (Å²) >= 11 is 1.38. The summed E-state index contributed by atoms with van der Waals surface area (Å²) in [4.78, 5) is 12.6. The highest BCUT2D eigenvalue weighted by molar-refractivity contribution is 7.99. The normalized spacial score (nSPS) is 16.0. The summed E-state index contributed by atoms with van der Waals surface area (Å²) in [7, 11) is 0. The number of fused-ring (bicyclic) bond motifs is 1. The molecule has 1 aliphatic carbocycles. The Hall–Kier alpha value is -3.00. The number of rotatable bonds is 6. The van der Waals surface area contributed by atoms with Gasteiger partial charge in [0.15, 0.2) is 16.7 Å². The maximum atomic E-state index is 12.6. The number of carbonyl (C=O) groups excluding carboxylic acids is 1. The van der Waals surface area contributed by atoms with Crippen LogP contribution in [0.5, 0.6) is 11.5 Å². The van der Waals surface area contributed by atoms with Crippen LogP contribution in [-0.4, -0.2) is 32.2 Å². The summed E-state index contributed by atoms with van der Waals surface area (Å²) in [5, 5.41) is 12.1. The minimum Gasteiger partial charge on any atom is -0.448 e. The first-order valence-electron chi connectivity index (χ1n) is 10.5. The predicted molar refractivity (Wildman–Crippen MR) is 119 cm³/mol. The number of aryl methyl sites for hydroxylation is 1. The van der Waals surface area contributed by atoms with Crippen molar-refractivity contribution in [3.8, 4) is 11.5 Å². The molecule has 1 saturated carbocycles. The van der Waals surface area contributed by atoms with Gasteiger partial charge in [-0.05, 0) is 37.5 Å². The van der Waals surface area contributed by atoms with Crippen LogP contribution in [0.15, 0.2) is 53.7 Å². The molecule has 1 aromatic heterocycles. The third-order valence-electron chi connectivity index (χ3n) is 5.60. The largest absolute Gasteiger partial charge is 0.448 e. The van der Waals surface area contributed by atoms with Crippen molar-refractivity contribution in [1.82, 2.24) is 14.8 Å². The third-order valence-corrected chi connectivity index (χ3v) is 6.57. The van der Waals surface area contributed by atoms with Gasteiger partial charge in [-0.1, -0.05) is 42.1 Å². The minimum absolute atomic E-state index is 0.105. The van der Waals surface area contributed by atoms with E-state index < -0.39 is 5.79 Å². The lowest BCUT2D eigenvalue weighted by Crippen LogP contribution is -2.34. The number of ether oxygens (including phenoxy) is 2. The molecule has 0 bridgehead atoms. The van der Waals surface area contributed by atoms with Gasteiger partial charge in [-0.3, -0.25) is 4.79 Å². The average molecular weight is 437 g/mol. The summed E-state index contributed by atoms with van der Waals surface area (Å²) < 4.78 is 14.1. The minimum atomic E-state index is -0.499. The van der Waals surface area contributed by atoms with E-state index in [4.69, 9.17) is 9.47 Å². The van der Waals surface area contributed by atoms with Gasteiger partial charge in [0, 0.05) is 24.6 Å². The first-order valence-corrected chi connectivity index (χ1v) is 11.5. The number of anilines is 1. The Morgan fingerprint density at radius 3 is 2.68 bits per heavy atom. The van der Waals surface area contributed by atoms with E-state index in [9.17, 15) is 4.79 Å². The van der Waals surface area contributed by atoms with Crippen LogP contribution in [0, 0.1) is 6.92 Å². The van der Waals surface area contributed by atoms with E-state index in [1.54, 1.807) is 0 Å². The number of nitrogens with zero attached hydrogens (tertiary/aromatic N) is 3. The van der Waals surface area contributed by atoms with Crippen LogP contribution in [0.25, 0.3) is 0 Å². The van der Waals surface area contributed by atoms with Crippen molar-refractivity contribution < 1.29 is 14.3 Å². The van der Waals surface area contributed by atoms with E-state index in [2.05, 4.69) is 27.6 Å². The van der Waals surface area contributed by atoms with Gasteiger partial charge in [0.1, 0.15) is 5.82 Å². The zero-order valence-electron chi connectivity index (χ0n) is 17.3. The van der Waals surface area contributed by atoms with Crippen molar-refractivity contribution in [2.24, 2.45) is 0 Å². The van der Waals surface area contributed by atoms with E-state index >= 15 is 0 Å². The highest BCUT2D eigenvalue weighted by Gasteiger charge is 2.44. The predicted octanol–water partition coefficient (Wildman–Crippen LogP) is 4.41. The van der Waals surface area contributed by atoms with Crippen LogP contribution in [0.1, 0.15) is 37.1 Å². The molecule has 0 atom stereocenters. The van der Waals surface area contributed by atoms with Gasteiger partial charge < -0.3 is 19.4 Å². The van der Waals surface area contributed by atoms with Crippen molar-refractivity contribution in [1.29, 1.82) is 0 Å². The van der Waals surface area contributed by atoms with Gasteiger partial charge in [0.05, 0.1) is 12.3 Å². The molecule has 1 N–H and O–H groups in total. The molecule has 2 aliphatic rings. The van der Waals surface area contributed by atoms with E-state index in [0.29, 0.717) is 18.0 Å². The molecule has 0 radical (unpaired) electrons. The summed E-state index contributed by atoms with van der Waals surface area (Å²) in [6.07, 6.45) is 4.04. The Bertz CT molecular complexity index is 1090. The number of benzene rings is 2. The third kappa shape index (κ3) is 4.25. The molecule has 8 heteroatoms. The standard InChI is InChI=1S/C23H24N4O3S/c1-16-25-26-22(27(16)14-17-7-3-2-4-8-17)31-15-21(28)24-18-9-10-19-20(13-18)30-23(29-19)11-5-6-12-23/h2-4,7-10,13H,5-6,11-12,14-15H2,1H3,(H,24,28). The second-order valence-electron chi connectivity index (χ2n) is 7.92. The molecule has 2 aromatic carbocycles. The Morgan fingerprint density at radius 1 is 1.10 bits per heavy atom. The first kappa shape index (κ1) is 19.9. The highest BCUT2D eigenvalue weighted by atomic mass is 32.2.